The summed E-state index contributed by atoms with van der Waals surface area (Å²) in [5.41, 5.74) is 3.46. The molecule has 19 heavy (non-hydrogen) atoms. The Balaban J connectivity index is 1.64. The van der Waals surface area contributed by atoms with Crippen LogP contribution in [0.25, 0.3) is 4.96 Å². The molecule has 4 rings (SSSR count). The molecule has 0 spiro atoms. The summed E-state index contributed by atoms with van der Waals surface area (Å²) in [6.07, 6.45) is 11.1. The average molecular weight is 273 g/mol. The first kappa shape index (κ1) is 11.3. The molecule has 5 heteroatoms. The van der Waals surface area contributed by atoms with E-state index in [2.05, 4.69) is 32.5 Å². The van der Waals surface area contributed by atoms with Gasteiger partial charge in [0.15, 0.2) is 4.96 Å². The average Bonchev–Trinajstić information content (AvgIpc) is 3.03. The molecular formula is C14H15N3OS. The van der Waals surface area contributed by atoms with Crippen LogP contribution in [0, 0.1) is 0 Å². The quantitative estimate of drug-likeness (QED) is 0.780. The van der Waals surface area contributed by atoms with Crippen molar-refractivity contribution in [1.82, 2.24) is 14.0 Å². The fraction of sp³-hybridized carbons (Fsp3) is 0.357. The topological polar surface area (TPSA) is 42.5 Å². The van der Waals surface area contributed by atoms with E-state index in [1.165, 1.54) is 5.56 Å². The van der Waals surface area contributed by atoms with Crippen molar-refractivity contribution in [1.29, 1.82) is 0 Å². The molecule has 3 aromatic heterocycles. The maximum absolute atomic E-state index is 9.99. The number of aromatic nitrogens is 3. The first-order valence-corrected chi connectivity index (χ1v) is 7.45. The van der Waals surface area contributed by atoms with Gasteiger partial charge in [0, 0.05) is 35.7 Å². The zero-order chi connectivity index (χ0) is 12.8. The number of aliphatic hydroxyl groups is 1. The molecule has 1 aliphatic carbocycles. The molecule has 0 bridgehead atoms. The molecule has 3 heterocycles. The number of aryl methyl sites for hydroxylation is 1. The SMILES string of the molecule is OC1CCCc2cn(Cc3cn4ccsc4n3)cc21. The lowest BCUT2D eigenvalue weighted by molar-refractivity contribution is 0.157. The number of fused-ring (bicyclic) bond motifs is 2. The van der Waals surface area contributed by atoms with Crippen LogP contribution in [0.4, 0.5) is 0 Å². The summed E-state index contributed by atoms with van der Waals surface area (Å²) in [6.45, 7) is 0.772. The van der Waals surface area contributed by atoms with Crippen molar-refractivity contribution in [2.75, 3.05) is 0 Å². The molecule has 0 radical (unpaired) electrons. The van der Waals surface area contributed by atoms with Gasteiger partial charge >= 0.3 is 0 Å². The zero-order valence-corrected chi connectivity index (χ0v) is 11.3. The minimum absolute atomic E-state index is 0.282. The third-order valence-electron chi connectivity index (χ3n) is 3.77. The minimum Gasteiger partial charge on any atom is -0.388 e. The van der Waals surface area contributed by atoms with Gasteiger partial charge in [-0.25, -0.2) is 4.98 Å². The van der Waals surface area contributed by atoms with Crippen molar-refractivity contribution >= 4 is 16.3 Å². The van der Waals surface area contributed by atoms with Crippen molar-refractivity contribution in [2.45, 2.75) is 31.9 Å². The number of rotatable bonds is 2. The number of imidazole rings is 1. The molecule has 0 saturated heterocycles. The molecule has 3 aromatic rings. The second kappa shape index (κ2) is 4.21. The molecule has 0 aliphatic heterocycles. The molecule has 1 atom stereocenters. The van der Waals surface area contributed by atoms with E-state index in [1.807, 2.05) is 11.6 Å². The Labute approximate surface area is 114 Å². The summed E-state index contributed by atoms with van der Waals surface area (Å²) in [6, 6.07) is 0. The summed E-state index contributed by atoms with van der Waals surface area (Å²) in [7, 11) is 0. The summed E-state index contributed by atoms with van der Waals surface area (Å²) in [5, 5.41) is 12.0. The lowest BCUT2D eigenvalue weighted by atomic mass is 9.93. The van der Waals surface area contributed by atoms with Gasteiger partial charge in [-0.1, -0.05) is 0 Å². The third kappa shape index (κ3) is 1.89. The van der Waals surface area contributed by atoms with Crippen molar-refractivity contribution in [3.63, 3.8) is 0 Å². The Morgan fingerprint density at radius 2 is 2.32 bits per heavy atom. The minimum atomic E-state index is -0.282. The van der Waals surface area contributed by atoms with Gasteiger partial charge in [-0.15, -0.1) is 11.3 Å². The molecule has 0 amide bonds. The fourth-order valence-electron chi connectivity index (χ4n) is 2.85. The molecule has 0 saturated carbocycles. The van der Waals surface area contributed by atoms with E-state index in [4.69, 9.17) is 0 Å². The zero-order valence-electron chi connectivity index (χ0n) is 10.5. The molecule has 1 aliphatic rings. The predicted molar refractivity (Wildman–Crippen MR) is 74.5 cm³/mol. The van der Waals surface area contributed by atoms with Crippen LogP contribution in [-0.4, -0.2) is 19.1 Å². The Kier molecular flexibility index (Phi) is 2.50. The Bertz CT molecular complexity index is 696. The number of hydrogen-bond donors (Lipinski definition) is 1. The second-order valence-electron chi connectivity index (χ2n) is 5.14. The number of thiazole rings is 1. The highest BCUT2D eigenvalue weighted by molar-refractivity contribution is 7.15. The molecule has 1 N–H and O–H groups in total. The maximum atomic E-state index is 9.99. The summed E-state index contributed by atoms with van der Waals surface area (Å²) in [4.78, 5) is 5.63. The van der Waals surface area contributed by atoms with E-state index in [9.17, 15) is 5.11 Å². The van der Waals surface area contributed by atoms with E-state index < -0.39 is 0 Å². The molecule has 98 valence electrons. The highest BCUT2D eigenvalue weighted by Crippen LogP contribution is 2.30. The van der Waals surface area contributed by atoms with Crippen LogP contribution in [0.5, 0.6) is 0 Å². The second-order valence-corrected chi connectivity index (χ2v) is 6.02. The van der Waals surface area contributed by atoms with E-state index in [0.29, 0.717) is 0 Å². The van der Waals surface area contributed by atoms with Gasteiger partial charge < -0.3 is 9.67 Å². The van der Waals surface area contributed by atoms with Gasteiger partial charge in [0.05, 0.1) is 18.3 Å². The third-order valence-corrected chi connectivity index (χ3v) is 4.54. The Morgan fingerprint density at radius 3 is 3.16 bits per heavy atom. The molecule has 4 nitrogen and oxygen atoms in total. The van der Waals surface area contributed by atoms with E-state index in [-0.39, 0.29) is 6.10 Å². The summed E-state index contributed by atoms with van der Waals surface area (Å²) >= 11 is 1.65. The van der Waals surface area contributed by atoms with E-state index in [0.717, 1.165) is 42.0 Å². The van der Waals surface area contributed by atoms with Crippen molar-refractivity contribution in [3.05, 3.63) is 47.0 Å². The van der Waals surface area contributed by atoms with Gasteiger partial charge in [0.25, 0.3) is 0 Å². The molecule has 1 unspecified atom stereocenters. The Morgan fingerprint density at radius 1 is 1.37 bits per heavy atom. The Hall–Kier alpha value is -1.59. The highest BCUT2D eigenvalue weighted by Gasteiger charge is 2.20. The van der Waals surface area contributed by atoms with Crippen LogP contribution in [0.2, 0.25) is 0 Å². The van der Waals surface area contributed by atoms with Gasteiger partial charge in [-0.2, -0.15) is 0 Å². The maximum Gasteiger partial charge on any atom is 0.193 e. The van der Waals surface area contributed by atoms with Crippen LogP contribution in [0.15, 0.2) is 30.2 Å². The normalized spacial score (nSPS) is 18.9. The summed E-state index contributed by atoms with van der Waals surface area (Å²) < 4.78 is 4.20. The molecular weight excluding hydrogens is 258 g/mol. The van der Waals surface area contributed by atoms with Crippen LogP contribution < -0.4 is 0 Å². The number of aliphatic hydroxyl groups excluding tert-OH is 1. The van der Waals surface area contributed by atoms with Crippen LogP contribution >= 0.6 is 11.3 Å². The van der Waals surface area contributed by atoms with E-state index in [1.54, 1.807) is 11.3 Å². The van der Waals surface area contributed by atoms with Gasteiger partial charge in [-0.3, -0.25) is 4.40 Å². The smallest absolute Gasteiger partial charge is 0.193 e. The fourth-order valence-corrected chi connectivity index (χ4v) is 3.57. The van der Waals surface area contributed by atoms with Gasteiger partial charge in [0.1, 0.15) is 0 Å². The first-order valence-electron chi connectivity index (χ1n) is 6.57. The van der Waals surface area contributed by atoms with Gasteiger partial charge in [0.2, 0.25) is 0 Å². The first-order chi connectivity index (χ1) is 9.29. The molecule has 0 aromatic carbocycles. The van der Waals surface area contributed by atoms with Crippen molar-refractivity contribution < 1.29 is 5.11 Å². The molecule has 0 fully saturated rings. The largest absolute Gasteiger partial charge is 0.388 e. The monoisotopic (exact) mass is 273 g/mol. The summed E-state index contributed by atoms with van der Waals surface area (Å²) in [5.74, 6) is 0. The van der Waals surface area contributed by atoms with Crippen LogP contribution in [-0.2, 0) is 13.0 Å². The van der Waals surface area contributed by atoms with Crippen LogP contribution in [0.3, 0.4) is 0 Å². The number of nitrogens with zero attached hydrogens (tertiary/aromatic N) is 3. The standard InChI is InChI=1S/C14H15N3OS/c18-13-3-1-2-10-6-16(9-12(10)13)7-11-8-17-4-5-19-14(17)15-11/h4-6,8-9,13,18H,1-3,7H2. The number of hydrogen-bond acceptors (Lipinski definition) is 3. The van der Waals surface area contributed by atoms with E-state index >= 15 is 0 Å². The van der Waals surface area contributed by atoms with Crippen molar-refractivity contribution in [2.24, 2.45) is 0 Å². The lowest BCUT2D eigenvalue weighted by Crippen LogP contribution is -2.05. The van der Waals surface area contributed by atoms with Crippen LogP contribution in [0.1, 0.15) is 35.8 Å². The van der Waals surface area contributed by atoms with Gasteiger partial charge in [-0.05, 0) is 24.8 Å². The van der Waals surface area contributed by atoms with Crippen molar-refractivity contribution in [3.8, 4) is 0 Å². The lowest BCUT2D eigenvalue weighted by Gasteiger charge is -2.16. The highest BCUT2D eigenvalue weighted by atomic mass is 32.1. The predicted octanol–water partition coefficient (Wildman–Crippen LogP) is 2.62.